The lowest BCUT2D eigenvalue weighted by Crippen LogP contribution is -2.21. The van der Waals surface area contributed by atoms with E-state index < -0.39 is 5.97 Å². The summed E-state index contributed by atoms with van der Waals surface area (Å²) in [7, 11) is 2.93. The van der Waals surface area contributed by atoms with E-state index in [0.29, 0.717) is 21.1 Å². The molecule has 7 nitrogen and oxygen atoms in total. The number of carbonyl (C=O) groups is 2. The lowest BCUT2D eigenvalue weighted by molar-refractivity contribution is -0.113. The number of anilines is 1. The van der Waals surface area contributed by atoms with Crippen molar-refractivity contribution in [1.82, 2.24) is 9.55 Å². The number of aromatic nitrogens is 2. The van der Waals surface area contributed by atoms with Crippen LogP contribution in [0.15, 0.2) is 69.9 Å². The largest absolute Gasteiger partial charge is 0.465 e. The molecule has 0 radical (unpaired) electrons. The van der Waals surface area contributed by atoms with Crippen molar-refractivity contribution in [2.24, 2.45) is 7.05 Å². The number of thiophene rings is 1. The summed E-state index contributed by atoms with van der Waals surface area (Å²) < 4.78 is 6.78. The Morgan fingerprint density at radius 3 is 2.59 bits per heavy atom. The number of ether oxygens (including phenoxy) is 1. The highest BCUT2D eigenvalue weighted by molar-refractivity contribution is 7.99. The SMILES string of the molecule is COC(=O)c1ccccc1NC(=O)CSc1nc2c(-c3ccccc3)csc2c(=O)n1C. The van der Waals surface area contributed by atoms with Crippen LogP contribution in [0.2, 0.25) is 0 Å². The maximum Gasteiger partial charge on any atom is 0.339 e. The minimum absolute atomic E-state index is 0.0199. The fourth-order valence-electron chi connectivity index (χ4n) is 3.17. The predicted molar refractivity (Wildman–Crippen MR) is 127 cm³/mol. The van der Waals surface area contributed by atoms with Crippen LogP contribution in [-0.4, -0.2) is 34.3 Å². The Hall–Kier alpha value is -3.43. The van der Waals surface area contributed by atoms with E-state index in [1.54, 1.807) is 31.3 Å². The van der Waals surface area contributed by atoms with E-state index in [0.717, 1.165) is 22.9 Å². The van der Waals surface area contributed by atoms with Crippen LogP contribution >= 0.6 is 23.1 Å². The number of carbonyl (C=O) groups excluding carboxylic acids is 2. The summed E-state index contributed by atoms with van der Waals surface area (Å²) in [4.78, 5) is 42.0. The normalized spacial score (nSPS) is 10.8. The van der Waals surface area contributed by atoms with Gasteiger partial charge in [0.2, 0.25) is 5.91 Å². The molecule has 32 heavy (non-hydrogen) atoms. The second-order valence-corrected chi connectivity index (χ2v) is 8.65. The molecule has 0 fully saturated rings. The van der Waals surface area contributed by atoms with Gasteiger partial charge in [0.15, 0.2) is 5.16 Å². The summed E-state index contributed by atoms with van der Waals surface area (Å²) in [5.41, 5.74) is 2.98. The molecule has 2 heterocycles. The first-order valence-corrected chi connectivity index (χ1v) is 11.5. The third-order valence-electron chi connectivity index (χ3n) is 4.78. The molecule has 0 spiro atoms. The minimum atomic E-state index is -0.533. The molecule has 4 rings (SSSR count). The van der Waals surface area contributed by atoms with Crippen molar-refractivity contribution >= 4 is 50.9 Å². The Bertz CT molecular complexity index is 1360. The third-order valence-corrected chi connectivity index (χ3v) is 6.77. The van der Waals surface area contributed by atoms with Gasteiger partial charge in [-0.05, 0) is 17.7 Å². The highest BCUT2D eigenvalue weighted by Crippen LogP contribution is 2.32. The van der Waals surface area contributed by atoms with Crippen molar-refractivity contribution in [3.05, 3.63) is 75.9 Å². The number of methoxy groups -OCH3 is 1. The van der Waals surface area contributed by atoms with E-state index in [4.69, 9.17) is 9.72 Å². The molecule has 0 saturated heterocycles. The van der Waals surface area contributed by atoms with Crippen LogP contribution in [0.5, 0.6) is 0 Å². The molecular weight excluding hydrogens is 446 g/mol. The molecule has 0 aliphatic carbocycles. The molecule has 2 aromatic heterocycles. The van der Waals surface area contributed by atoms with Crippen LogP contribution in [0.1, 0.15) is 10.4 Å². The van der Waals surface area contributed by atoms with E-state index in [2.05, 4.69) is 5.32 Å². The number of para-hydroxylation sites is 1. The van der Waals surface area contributed by atoms with Gasteiger partial charge in [-0.2, -0.15) is 0 Å². The second-order valence-electron chi connectivity index (χ2n) is 6.83. The van der Waals surface area contributed by atoms with Crippen molar-refractivity contribution in [3.8, 4) is 11.1 Å². The summed E-state index contributed by atoms with van der Waals surface area (Å²) in [6.45, 7) is 0. The summed E-state index contributed by atoms with van der Waals surface area (Å²) in [5.74, 6) is -0.838. The maximum absolute atomic E-state index is 12.9. The van der Waals surface area contributed by atoms with Crippen LogP contribution in [0.25, 0.3) is 21.3 Å². The number of nitrogens with zero attached hydrogens (tertiary/aromatic N) is 2. The zero-order valence-corrected chi connectivity index (χ0v) is 19.0. The number of hydrogen-bond donors (Lipinski definition) is 1. The van der Waals surface area contributed by atoms with E-state index in [9.17, 15) is 14.4 Å². The lowest BCUT2D eigenvalue weighted by atomic mass is 10.1. The van der Waals surface area contributed by atoms with Gasteiger partial charge in [0, 0.05) is 18.0 Å². The molecule has 0 aliphatic heterocycles. The van der Waals surface area contributed by atoms with Crippen molar-refractivity contribution < 1.29 is 14.3 Å². The molecule has 0 saturated carbocycles. The molecule has 4 aromatic rings. The number of esters is 1. The molecule has 0 bridgehead atoms. The highest BCUT2D eigenvalue weighted by atomic mass is 32.2. The highest BCUT2D eigenvalue weighted by Gasteiger charge is 2.17. The van der Waals surface area contributed by atoms with Crippen molar-refractivity contribution in [2.75, 3.05) is 18.2 Å². The Morgan fingerprint density at radius 2 is 1.84 bits per heavy atom. The van der Waals surface area contributed by atoms with Gasteiger partial charge in [-0.3, -0.25) is 14.2 Å². The summed E-state index contributed by atoms with van der Waals surface area (Å²) in [6, 6.07) is 16.4. The van der Waals surface area contributed by atoms with Crippen molar-refractivity contribution in [2.45, 2.75) is 5.16 Å². The molecule has 1 amide bonds. The average Bonchev–Trinajstić information content (AvgIpc) is 3.25. The number of rotatable bonds is 6. The molecule has 2 aromatic carbocycles. The van der Waals surface area contributed by atoms with E-state index in [1.807, 2.05) is 35.7 Å². The second kappa shape index (κ2) is 9.37. The summed E-state index contributed by atoms with van der Waals surface area (Å²) in [6.07, 6.45) is 0. The van der Waals surface area contributed by atoms with E-state index in [1.165, 1.54) is 23.0 Å². The third kappa shape index (κ3) is 4.30. The molecule has 0 aliphatic rings. The fourth-order valence-corrected chi connectivity index (χ4v) is 4.93. The zero-order valence-electron chi connectivity index (χ0n) is 17.3. The minimum Gasteiger partial charge on any atom is -0.465 e. The van der Waals surface area contributed by atoms with Crippen LogP contribution in [-0.2, 0) is 16.6 Å². The van der Waals surface area contributed by atoms with Gasteiger partial charge in [-0.15, -0.1) is 11.3 Å². The van der Waals surface area contributed by atoms with E-state index >= 15 is 0 Å². The lowest BCUT2D eigenvalue weighted by Gasteiger charge is -2.10. The molecule has 0 unspecified atom stereocenters. The standard InChI is InChI=1S/C23H19N3O4S2/c1-26-21(28)20-19(16(12-31-20)14-8-4-3-5-9-14)25-23(26)32-13-18(27)24-17-11-7-6-10-15(17)22(29)30-2/h3-12H,13H2,1-2H3,(H,24,27). The fraction of sp³-hybridized carbons (Fsp3) is 0.130. The summed E-state index contributed by atoms with van der Waals surface area (Å²) in [5, 5.41) is 5.09. The molecular formula is C23H19N3O4S2. The van der Waals surface area contributed by atoms with Crippen molar-refractivity contribution in [1.29, 1.82) is 0 Å². The zero-order chi connectivity index (χ0) is 22.7. The number of hydrogen-bond acceptors (Lipinski definition) is 7. The van der Waals surface area contributed by atoms with Gasteiger partial charge < -0.3 is 10.1 Å². The monoisotopic (exact) mass is 465 g/mol. The van der Waals surface area contributed by atoms with Gasteiger partial charge in [0.05, 0.1) is 29.6 Å². The van der Waals surface area contributed by atoms with Gasteiger partial charge in [-0.25, -0.2) is 9.78 Å². The maximum atomic E-state index is 12.9. The number of fused-ring (bicyclic) bond motifs is 1. The van der Waals surface area contributed by atoms with Gasteiger partial charge in [-0.1, -0.05) is 54.2 Å². The summed E-state index contributed by atoms with van der Waals surface area (Å²) >= 11 is 2.52. The number of nitrogens with one attached hydrogen (secondary N) is 1. The van der Waals surface area contributed by atoms with Crippen LogP contribution < -0.4 is 10.9 Å². The van der Waals surface area contributed by atoms with Gasteiger partial charge in [0.25, 0.3) is 5.56 Å². The molecule has 1 N–H and O–H groups in total. The van der Waals surface area contributed by atoms with Gasteiger partial charge in [0.1, 0.15) is 4.70 Å². The van der Waals surface area contributed by atoms with Crippen molar-refractivity contribution in [3.63, 3.8) is 0 Å². The number of amides is 1. The Balaban J connectivity index is 1.57. The molecule has 9 heteroatoms. The van der Waals surface area contributed by atoms with Crippen LogP contribution in [0.4, 0.5) is 5.69 Å². The first kappa shape index (κ1) is 21.8. The molecule has 0 atom stereocenters. The first-order chi connectivity index (χ1) is 15.5. The van der Waals surface area contributed by atoms with E-state index in [-0.39, 0.29) is 22.8 Å². The van der Waals surface area contributed by atoms with Crippen LogP contribution in [0, 0.1) is 0 Å². The topological polar surface area (TPSA) is 90.3 Å². The average molecular weight is 466 g/mol. The number of thioether (sulfide) groups is 1. The Labute approximate surface area is 192 Å². The van der Waals surface area contributed by atoms with Gasteiger partial charge >= 0.3 is 5.97 Å². The predicted octanol–water partition coefficient (Wildman–Crippen LogP) is 4.18. The quantitative estimate of drug-likeness (QED) is 0.261. The Kier molecular flexibility index (Phi) is 6.38. The Morgan fingerprint density at radius 1 is 1.12 bits per heavy atom. The number of benzene rings is 2. The molecule has 162 valence electrons. The van der Waals surface area contributed by atoms with Crippen LogP contribution in [0.3, 0.4) is 0 Å². The first-order valence-electron chi connectivity index (χ1n) is 9.63. The smallest absolute Gasteiger partial charge is 0.339 e.